The minimum absolute atomic E-state index is 1.00. The van der Waals surface area contributed by atoms with Gasteiger partial charge in [-0.05, 0) is 31.8 Å². The molecule has 0 amide bonds. The van der Waals surface area contributed by atoms with E-state index in [1.165, 1.54) is 96.7 Å². The van der Waals surface area contributed by atoms with E-state index in [9.17, 15) is 13.2 Å². The molecule has 1 heterocycles. The highest BCUT2D eigenvalue weighted by Crippen LogP contribution is 2.21. The van der Waals surface area contributed by atoms with Crippen molar-refractivity contribution in [1.82, 2.24) is 4.90 Å². The molecule has 1 unspecified atom stereocenters. The lowest BCUT2D eigenvalue weighted by atomic mass is 10.1. The number of alkyl halides is 3. The SMILES string of the molecule is CCCCCCCCCCCCN1CCC(CC)C1.O=S(=O)(O)C(F)(F)F. The van der Waals surface area contributed by atoms with Crippen LogP contribution in [0.3, 0.4) is 0 Å². The van der Waals surface area contributed by atoms with Gasteiger partial charge in [-0.1, -0.05) is 78.1 Å². The van der Waals surface area contributed by atoms with E-state index in [-0.39, 0.29) is 0 Å². The third-order valence-electron chi connectivity index (χ3n) is 5.07. The first-order valence-corrected chi connectivity index (χ1v) is 11.8. The van der Waals surface area contributed by atoms with Gasteiger partial charge in [-0.15, -0.1) is 0 Å². The molecule has 1 aliphatic heterocycles. The Bertz CT molecular complexity index is 456. The minimum Gasteiger partial charge on any atom is -0.303 e. The Morgan fingerprint density at radius 1 is 0.926 bits per heavy atom. The van der Waals surface area contributed by atoms with Crippen LogP contribution in [0.15, 0.2) is 0 Å². The first kappa shape index (κ1) is 26.7. The second kappa shape index (κ2) is 14.6. The summed E-state index contributed by atoms with van der Waals surface area (Å²) in [6, 6.07) is 0. The van der Waals surface area contributed by atoms with Crippen molar-refractivity contribution in [2.45, 2.75) is 96.4 Å². The zero-order valence-electron chi connectivity index (χ0n) is 16.9. The van der Waals surface area contributed by atoms with Crippen LogP contribution in [0.2, 0.25) is 0 Å². The van der Waals surface area contributed by atoms with Crippen molar-refractivity contribution < 1.29 is 26.1 Å². The zero-order chi connectivity index (χ0) is 20.8. The van der Waals surface area contributed by atoms with E-state index in [1.807, 2.05) is 0 Å². The molecule has 0 spiro atoms. The second-order valence-corrected chi connectivity index (χ2v) is 8.88. The van der Waals surface area contributed by atoms with Gasteiger partial charge in [-0.2, -0.15) is 21.6 Å². The molecule has 27 heavy (non-hydrogen) atoms. The van der Waals surface area contributed by atoms with E-state index in [2.05, 4.69) is 18.7 Å². The number of hydrogen-bond donors (Lipinski definition) is 1. The largest absolute Gasteiger partial charge is 0.522 e. The lowest BCUT2D eigenvalue weighted by Gasteiger charge is -2.15. The fraction of sp³-hybridized carbons (Fsp3) is 1.00. The van der Waals surface area contributed by atoms with Crippen molar-refractivity contribution >= 4 is 10.1 Å². The fourth-order valence-corrected chi connectivity index (χ4v) is 3.27. The molecule has 4 nitrogen and oxygen atoms in total. The number of halogens is 3. The minimum atomic E-state index is -5.84. The van der Waals surface area contributed by atoms with E-state index < -0.39 is 15.6 Å². The van der Waals surface area contributed by atoms with Gasteiger partial charge in [0.2, 0.25) is 0 Å². The van der Waals surface area contributed by atoms with Gasteiger partial charge < -0.3 is 4.90 Å². The summed E-state index contributed by atoms with van der Waals surface area (Å²) in [6.07, 6.45) is 17.4. The number of rotatable bonds is 12. The molecular weight excluding hydrogens is 379 g/mol. The molecule has 8 heteroatoms. The third-order valence-corrected chi connectivity index (χ3v) is 5.65. The highest BCUT2D eigenvalue weighted by molar-refractivity contribution is 7.86. The van der Waals surface area contributed by atoms with Gasteiger partial charge in [0.25, 0.3) is 0 Å². The molecule has 0 radical (unpaired) electrons. The van der Waals surface area contributed by atoms with Crippen LogP contribution in [0.25, 0.3) is 0 Å². The zero-order valence-corrected chi connectivity index (χ0v) is 17.8. The molecule has 0 aliphatic carbocycles. The average Bonchev–Trinajstić information content (AvgIpc) is 3.03. The molecule has 0 aromatic carbocycles. The quantitative estimate of drug-likeness (QED) is 0.239. The summed E-state index contributed by atoms with van der Waals surface area (Å²) >= 11 is 0. The molecule has 0 bridgehead atoms. The number of hydrogen-bond acceptors (Lipinski definition) is 3. The topological polar surface area (TPSA) is 57.6 Å². The van der Waals surface area contributed by atoms with Crippen LogP contribution in [0, 0.1) is 5.92 Å². The molecule has 1 aliphatic rings. The summed E-state index contributed by atoms with van der Waals surface area (Å²) in [5.41, 5.74) is -5.53. The number of unbranched alkanes of at least 4 members (excludes halogenated alkanes) is 9. The fourth-order valence-electron chi connectivity index (χ4n) is 3.27. The van der Waals surface area contributed by atoms with E-state index in [4.69, 9.17) is 13.0 Å². The van der Waals surface area contributed by atoms with Gasteiger partial charge in [0.05, 0.1) is 0 Å². The highest BCUT2D eigenvalue weighted by Gasteiger charge is 2.44. The highest BCUT2D eigenvalue weighted by atomic mass is 32.2. The summed E-state index contributed by atoms with van der Waals surface area (Å²) < 4.78 is 57.5. The molecule has 164 valence electrons. The van der Waals surface area contributed by atoms with Gasteiger partial charge in [-0.25, -0.2) is 0 Å². The number of likely N-dealkylation sites (tertiary alicyclic amines) is 1. The van der Waals surface area contributed by atoms with Crippen LogP contribution >= 0.6 is 0 Å². The molecule has 0 aromatic heterocycles. The first-order chi connectivity index (χ1) is 12.6. The summed E-state index contributed by atoms with van der Waals surface area (Å²) in [4.78, 5) is 2.69. The van der Waals surface area contributed by atoms with Gasteiger partial charge in [0.1, 0.15) is 0 Å². The summed E-state index contributed by atoms with van der Waals surface area (Å²) in [6.45, 7) is 8.76. The molecule has 1 atom stereocenters. The lowest BCUT2D eigenvalue weighted by molar-refractivity contribution is -0.0510. The summed E-state index contributed by atoms with van der Waals surface area (Å²) in [5, 5.41) is 0. The maximum absolute atomic E-state index is 10.7. The standard InChI is InChI=1S/C18H37N.CHF3O3S/c1-3-5-6-7-8-9-10-11-12-13-15-19-16-14-18(4-2)17-19;2-1(3,4)8(5,6)7/h18H,3-17H2,1-2H3;(H,5,6,7). The maximum atomic E-state index is 10.7. The Morgan fingerprint density at radius 3 is 1.74 bits per heavy atom. The monoisotopic (exact) mass is 417 g/mol. The first-order valence-electron chi connectivity index (χ1n) is 10.4. The maximum Gasteiger partial charge on any atom is 0.522 e. The van der Waals surface area contributed by atoms with E-state index in [0.717, 1.165) is 5.92 Å². The Hall–Kier alpha value is -0.340. The van der Waals surface area contributed by atoms with Crippen LogP contribution < -0.4 is 0 Å². The average molecular weight is 418 g/mol. The van der Waals surface area contributed by atoms with Gasteiger partial charge >= 0.3 is 15.6 Å². The Balaban J connectivity index is 0.000000713. The van der Waals surface area contributed by atoms with Crippen molar-refractivity contribution in [2.24, 2.45) is 5.92 Å². The predicted molar refractivity (Wildman–Crippen MR) is 104 cm³/mol. The molecule has 1 saturated heterocycles. The van der Waals surface area contributed by atoms with Crippen LogP contribution in [0.4, 0.5) is 13.2 Å². The van der Waals surface area contributed by atoms with E-state index >= 15 is 0 Å². The Labute approximate surface area is 163 Å². The van der Waals surface area contributed by atoms with Gasteiger partial charge in [0, 0.05) is 6.54 Å². The molecule has 1 rings (SSSR count). The normalized spacial score (nSPS) is 18.4. The van der Waals surface area contributed by atoms with Crippen molar-refractivity contribution in [1.29, 1.82) is 0 Å². The van der Waals surface area contributed by atoms with Crippen molar-refractivity contribution in [3.8, 4) is 0 Å². The Morgan fingerprint density at radius 2 is 1.37 bits per heavy atom. The molecule has 1 fully saturated rings. The summed E-state index contributed by atoms with van der Waals surface area (Å²) in [7, 11) is -5.84. The van der Waals surface area contributed by atoms with Crippen molar-refractivity contribution in [3.05, 3.63) is 0 Å². The molecule has 0 saturated carbocycles. The van der Waals surface area contributed by atoms with Crippen LogP contribution in [-0.2, 0) is 10.1 Å². The number of nitrogens with zero attached hydrogens (tertiary/aromatic N) is 1. The molecule has 1 N–H and O–H groups in total. The van der Waals surface area contributed by atoms with Gasteiger partial charge in [-0.3, -0.25) is 4.55 Å². The molecular formula is C19H38F3NO3S. The van der Waals surface area contributed by atoms with Crippen LogP contribution in [0.5, 0.6) is 0 Å². The van der Waals surface area contributed by atoms with Crippen molar-refractivity contribution in [3.63, 3.8) is 0 Å². The van der Waals surface area contributed by atoms with Crippen LogP contribution in [0.1, 0.15) is 90.9 Å². The smallest absolute Gasteiger partial charge is 0.303 e. The third kappa shape index (κ3) is 14.3. The van der Waals surface area contributed by atoms with Gasteiger partial charge in [0.15, 0.2) is 0 Å². The molecule has 0 aromatic rings. The van der Waals surface area contributed by atoms with Crippen molar-refractivity contribution in [2.75, 3.05) is 19.6 Å². The second-order valence-electron chi connectivity index (χ2n) is 7.47. The van der Waals surface area contributed by atoms with E-state index in [1.54, 1.807) is 0 Å². The predicted octanol–water partition coefficient (Wildman–Crippen LogP) is 6.03. The van der Waals surface area contributed by atoms with Crippen LogP contribution in [-0.4, -0.2) is 43.0 Å². The van der Waals surface area contributed by atoms with E-state index in [0.29, 0.717) is 0 Å². The Kier molecular flexibility index (Phi) is 14.4. The lowest BCUT2D eigenvalue weighted by Crippen LogP contribution is -2.21. The summed E-state index contributed by atoms with van der Waals surface area (Å²) in [5.74, 6) is 1.00.